The summed E-state index contributed by atoms with van der Waals surface area (Å²) in [7, 11) is 3.24. The van der Waals surface area contributed by atoms with E-state index in [0.29, 0.717) is 17.1 Å². The van der Waals surface area contributed by atoms with Crippen LogP contribution in [0.5, 0.6) is 5.75 Å². The van der Waals surface area contributed by atoms with E-state index in [-0.39, 0.29) is 16.8 Å². The fraction of sp³-hybridized carbons (Fsp3) is 0.261. The summed E-state index contributed by atoms with van der Waals surface area (Å²) in [6.45, 7) is 5.03. The molecule has 31 heavy (non-hydrogen) atoms. The van der Waals surface area contributed by atoms with Gasteiger partial charge in [-0.1, -0.05) is 24.3 Å². The highest BCUT2D eigenvalue weighted by atomic mass is 16.5. The van der Waals surface area contributed by atoms with Gasteiger partial charge < -0.3 is 14.8 Å². The average Bonchev–Trinajstić information content (AvgIpc) is 2.97. The maximum Gasteiger partial charge on any atom is 0.339 e. The SMILES string of the molecule is COc1cc(C(=O)O[C@H](C)C(=O)Nc2c(C)n(C)n(-c3ccccc3)c2=O)ccc1C. The second-order valence-corrected chi connectivity index (χ2v) is 7.16. The van der Waals surface area contributed by atoms with Crippen molar-refractivity contribution in [2.45, 2.75) is 26.9 Å². The van der Waals surface area contributed by atoms with E-state index in [1.807, 2.05) is 25.1 Å². The van der Waals surface area contributed by atoms with Crippen LogP contribution in [0.25, 0.3) is 5.69 Å². The standard InChI is InChI=1S/C23H25N3O5/c1-14-11-12-17(13-19(14)30-5)23(29)31-16(3)21(27)24-20-15(2)25(4)26(22(20)28)18-9-7-6-8-10-18/h6-13,16H,1-5H3,(H,24,27)/t16-/m1/s1. The lowest BCUT2D eigenvalue weighted by atomic mass is 10.1. The monoisotopic (exact) mass is 423 g/mol. The first kappa shape index (κ1) is 21.9. The molecule has 0 aliphatic heterocycles. The number of methoxy groups -OCH3 is 1. The number of amides is 1. The van der Waals surface area contributed by atoms with Gasteiger partial charge in [0, 0.05) is 7.05 Å². The molecule has 0 saturated carbocycles. The molecule has 1 N–H and O–H groups in total. The predicted molar refractivity (Wildman–Crippen MR) is 117 cm³/mol. The van der Waals surface area contributed by atoms with Crippen molar-refractivity contribution in [2.75, 3.05) is 12.4 Å². The molecule has 0 saturated heterocycles. The van der Waals surface area contributed by atoms with Gasteiger partial charge >= 0.3 is 5.97 Å². The van der Waals surface area contributed by atoms with E-state index in [9.17, 15) is 14.4 Å². The Labute approximate surface area is 180 Å². The summed E-state index contributed by atoms with van der Waals surface area (Å²) in [6, 6.07) is 14.0. The number of para-hydroxylation sites is 1. The molecule has 1 atom stereocenters. The van der Waals surface area contributed by atoms with Crippen LogP contribution >= 0.6 is 0 Å². The second-order valence-electron chi connectivity index (χ2n) is 7.16. The summed E-state index contributed by atoms with van der Waals surface area (Å²) >= 11 is 0. The Hall–Kier alpha value is -3.81. The zero-order valence-corrected chi connectivity index (χ0v) is 18.1. The highest BCUT2D eigenvalue weighted by molar-refractivity contribution is 5.97. The molecule has 8 nitrogen and oxygen atoms in total. The number of esters is 1. The van der Waals surface area contributed by atoms with Crippen LogP contribution in [0.2, 0.25) is 0 Å². The van der Waals surface area contributed by atoms with Gasteiger partial charge in [0.25, 0.3) is 11.5 Å². The number of hydrogen-bond donors (Lipinski definition) is 1. The summed E-state index contributed by atoms with van der Waals surface area (Å²) in [5, 5.41) is 2.60. The molecule has 1 aromatic heterocycles. The van der Waals surface area contributed by atoms with Crippen LogP contribution in [0.15, 0.2) is 53.3 Å². The molecule has 3 rings (SSSR count). The molecular formula is C23H25N3O5. The normalized spacial score (nSPS) is 11.6. The Morgan fingerprint density at radius 3 is 2.39 bits per heavy atom. The smallest absolute Gasteiger partial charge is 0.339 e. The average molecular weight is 423 g/mol. The van der Waals surface area contributed by atoms with E-state index in [4.69, 9.17) is 9.47 Å². The number of hydrogen-bond acceptors (Lipinski definition) is 5. The van der Waals surface area contributed by atoms with Crippen LogP contribution in [-0.2, 0) is 16.6 Å². The first-order valence-electron chi connectivity index (χ1n) is 9.75. The fourth-order valence-electron chi connectivity index (χ4n) is 3.17. The number of rotatable bonds is 6. The van der Waals surface area contributed by atoms with Crippen molar-refractivity contribution in [1.82, 2.24) is 9.36 Å². The van der Waals surface area contributed by atoms with E-state index in [2.05, 4.69) is 5.32 Å². The molecule has 1 heterocycles. The second kappa shape index (κ2) is 8.91. The molecule has 0 radical (unpaired) electrons. The van der Waals surface area contributed by atoms with Crippen LogP contribution in [0.3, 0.4) is 0 Å². The summed E-state index contributed by atoms with van der Waals surface area (Å²) in [5.74, 6) is -0.709. The van der Waals surface area contributed by atoms with Gasteiger partial charge in [-0.3, -0.25) is 14.3 Å². The summed E-state index contributed by atoms with van der Waals surface area (Å²) in [4.78, 5) is 38.0. The number of nitrogens with one attached hydrogen (secondary N) is 1. The molecular weight excluding hydrogens is 398 g/mol. The van der Waals surface area contributed by atoms with Crippen molar-refractivity contribution in [2.24, 2.45) is 7.05 Å². The van der Waals surface area contributed by atoms with E-state index < -0.39 is 18.0 Å². The Kier molecular flexibility index (Phi) is 6.29. The maximum atomic E-state index is 12.9. The van der Waals surface area contributed by atoms with Gasteiger partial charge in [-0.25, -0.2) is 9.48 Å². The third-order valence-electron chi connectivity index (χ3n) is 5.10. The van der Waals surface area contributed by atoms with Gasteiger partial charge in [0.2, 0.25) is 0 Å². The molecule has 1 amide bonds. The third kappa shape index (κ3) is 4.37. The minimum atomic E-state index is -1.11. The molecule has 2 aromatic carbocycles. The quantitative estimate of drug-likeness (QED) is 0.616. The molecule has 3 aromatic rings. The van der Waals surface area contributed by atoms with Gasteiger partial charge in [0.05, 0.1) is 24.1 Å². The van der Waals surface area contributed by atoms with Gasteiger partial charge in [0.15, 0.2) is 6.10 Å². The highest BCUT2D eigenvalue weighted by Gasteiger charge is 2.24. The van der Waals surface area contributed by atoms with Gasteiger partial charge in [-0.15, -0.1) is 0 Å². The molecule has 0 spiro atoms. The summed E-state index contributed by atoms with van der Waals surface area (Å²) in [5.41, 5.74) is 2.15. The highest BCUT2D eigenvalue weighted by Crippen LogP contribution is 2.20. The van der Waals surface area contributed by atoms with Crippen LogP contribution < -0.4 is 15.6 Å². The van der Waals surface area contributed by atoms with Crippen LogP contribution in [0.1, 0.15) is 28.5 Å². The Balaban J connectivity index is 1.77. The molecule has 8 heteroatoms. The third-order valence-corrected chi connectivity index (χ3v) is 5.10. The number of carbonyl (C=O) groups is 2. The lowest BCUT2D eigenvalue weighted by Gasteiger charge is -2.14. The van der Waals surface area contributed by atoms with Gasteiger partial charge in [0.1, 0.15) is 11.4 Å². The van der Waals surface area contributed by atoms with E-state index in [1.54, 1.807) is 49.0 Å². The van der Waals surface area contributed by atoms with Crippen LogP contribution in [0.4, 0.5) is 5.69 Å². The first-order chi connectivity index (χ1) is 14.7. The predicted octanol–water partition coefficient (Wildman–Crippen LogP) is 2.99. The number of ether oxygens (including phenoxy) is 2. The van der Waals surface area contributed by atoms with Gasteiger partial charge in [-0.05, 0) is 50.6 Å². The van der Waals surface area contributed by atoms with Crippen LogP contribution in [0, 0.1) is 13.8 Å². The van der Waals surface area contributed by atoms with Crippen molar-refractivity contribution >= 4 is 17.6 Å². The fourth-order valence-corrected chi connectivity index (χ4v) is 3.17. The number of benzene rings is 2. The minimum absolute atomic E-state index is 0.135. The number of anilines is 1. The lowest BCUT2D eigenvalue weighted by Crippen LogP contribution is -2.32. The Morgan fingerprint density at radius 1 is 1.06 bits per heavy atom. The number of nitrogens with zero attached hydrogens (tertiary/aromatic N) is 2. The maximum absolute atomic E-state index is 12.9. The summed E-state index contributed by atoms with van der Waals surface area (Å²) < 4.78 is 13.6. The molecule has 0 unspecified atom stereocenters. The van der Waals surface area contributed by atoms with Crippen LogP contribution in [-0.4, -0.2) is 34.5 Å². The Morgan fingerprint density at radius 2 is 1.74 bits per heavy atom. The minimum Gasteiger partial charge on any atom is -0.496 e. The van der Waals surface area contributed by atoms with Crippen molar-refractivity contribution in [3.8, 4) is 11.4 Å². The first-order valence-corrected chi connectivity index (χ1v) is 9.75. The number of aromatic nitrogens is 2. The van der Waals surface area contributed by atoms with E-state index >= 15 is 0 Å². The van der Waals surface area contributed by atoms with E-state index in [0.717, 1.165) is 5.56 Å². The Bertz CT molecular complexity index is 1180. The van der Waals surface area contributed by atoms with Crippen molar-refractivity contribution < 1.29 is 19.1 Å². The topological polar surface area (TPSA) is 91.6 Å². The molecule has 162 valence electrons. The molecule has 0 aliphatic rings. The van der Waals surface area contributed by atoms with Crippen molar-refractivity contribution in [3.63, 3.8) is 0 Å². The molecule has 0 bridgehead atoms. The van der Waals surface area contributed by atoms with Crippen molar-refractivity contribution in [1.29, 1.82) is 0 Å². The van der Waals surface area contributed by atoms with Gasteiger partial charge in [-0.2, -0.15) is 0 Å². The zero-order chi connectivity index (χ0) is 22.7. The number of aryl methyl sites for hydroxylation is 1. The van der Waals surface area contributed by atoms with E-state index in [1.165, 1.54) is 18.7 Å². The van der Waals surface area contributed by atoms with Crippen molar-refractivity contribution in [3.05, 3.63) is 75.7 Å². The lowest BCUT2D eigenvalue weighted by molar-refractivity contribution is -0.123. The number of carbonyl (C=O) groups excluding carboxylic acids is 2. The zero-order valence-electron chi connectivity index (χ0n) is 18.1. The molecule has 0 aliphatic carbocycles. The molecule has 0 fully saturated rings. The largest absolute Gasteiger partial charge is 0.496 e. The summed E-state index contributed by atoms with van der Waals surface area (Å²) in [6.07, 6.45) is -1.11.